The van der Waals surface area contributed by atoms with Crippen molar-refractivity contribution < 1.29 is 4.74 Å². The van der Waals surface area contributed by atoms with Crippen LogP contribution < -0.4 is 16.0 Å². The molecule has 0 radical (unpaired) electrons. The van der Waals surface area contributed by atoms with Gasteiger partial charge in [0.15, 0.2) is 0 Å². The number of halogens is 1. The number of nitrogens with one attached hydrogen (secondary N) is 1. The largest absolute Gasteiger partial charge is 0.439 e. The minimum Gasteiger partial charge on any atom is -0.439 e. The van der Waals surface area contributed by atoms with Gasteiger partial charge in [-0.15, -0.1) is 0 Å². The minimum absolute atomic E-state index is 0.481. The van der Waals surface area contributed by atoms with E-state index in [4.69, 9.17) is 10.6 Å². The number of ether oxygens (including phenoxy) is 1. The summed E-state index contributed by atoms with van der Waals surface area (Å²) >= 11 is 3.46. The molecule has 0 atom stereocenters. The Morgan fingerprint density at radius 2 is 1.86 bits per heavy atom. The zero-order chi connectivity index (χ0) is 14.8. The zero-order valence-electron chi connectivity index (χ0n) is 11.3. The molecule has 0 fully saturated rings. The van der Waals surface area contributed by atoms with Crippen LogP contribution in [0.1, 0.15) is 5.56 Å². The van der Waals surface area contributed by atoms with E-state index in [1.807, 2.05) is 37.3 Å². The van der Waals surface area contributed by atoms with Crippen LogP contribution in [0.15, 0.2) is 47.2 Å². The predicted molar refractivity (Wildman–Crippen MR) is 86.3 cm³/mol. The monoisotopic (exact) mass is 344 g/mol. The van der Waals surface area contributed by atoms with Crippen molar-refractivity contribution >= 4 is 32.5 Å². The van der Waals surface area contributed by atoms with Crippen molar-refractivity contribution in [2.45, 2.75) is 6.92 Å². The van der Waals surface area contributed by atoms with E-state index in [1.54, 1.807) is 0 Å². The molecule has 0 aliphatic rings. The van der Waals surface area contributed by atoms with Gasteiger partial charge in [-0.2, -0.15) is 0 Å². The highest BCUT2D eigenvalue weighted by molar-refractivity contribution is 9.10. The summed E-state index contributed by atoms with van der Waals surface area (Å²) in [5.41, 5.74) is 3.28. The molecule has 3 N–H and O–H groups in total. The maximum absolute atomic E-state index is 5.83. The van der Waals surface area contributed by atoms with Crippen LogP contribution in [0.2, 0.25) is 0 Å². The summed E-state index contributed by atoms with van der Waals surface area (Å²) in [7, 11) is 0. The Bertz CT molecular complexity index is 807. The average molecular weight is 345 g/mol. The predicted octanol–water partition coefficient (Wildman–Crippen LogP) is 3.78. The molecule has 3 aromatic rings. The Morgan fingerprint density at radius 3 is 2.67 bits per heavy atom. The summed E-state index contributed by atoms with van der Waals surface area (Å²) in [6.45, 7) is 1.85. The van der Waals surface area contributed by atoms with E-state index in [9.17, 15) is 0 Å². The van der Waals surface area contributed by atoms with Crippen molar-refractivity contribution in [2.24, 2.45) is 5.84 Å². The Labute approximate surface area is 130 Å². The summed E-state index contributed by atoms with van der Waals surface area (Å²) in [5.74, 6) is 7.15. The molecular weight excluding hydrogens is 332 g/mol. The maximum Gasteiger partial charge on any atom is 0.227 e. The van der Waals surface area contributed by atoms with Crippen LogP contribution >= 0.6 is 15.9 Å². The first-order valence-corrected chi connectivity index (χ1v) is 7.12. The van der Waals surface area contributed by atoms with Crippen LogP contribution in [0.5, 0.6) is 11.6 Å². The molecule has 0 amide bonds. The van der Waals surface area contributed by atoms with E-state index >= 15 is 0 Å². The molecule has 21 heavy (non-hydrogen) atoms. The van der Waals surface area contributed by atoms with Crippen molar-refractivity contribution in [2.75, 3.05) is 5.43 Å². The van der Waals surface area contributed by atoms with Gasteiger partial charge in [0.2, 0.25) is 5.88 Å². The first-order chi connectivity index (χ1) is 10.2. The number of nitrogens with zero attached hydrogens (tertiary/aromatic N) is 2. The number of nitrogen functional groups attached to an aromatic ring is 1. The summed E-state index contributed by atoms with van der Waals surface area (Å²) < 4.78 is 6.88. The van der Waals surface area contributed by atoms with Gasteiger partial charge in [0.05, 0.1) is 5.56 Å². The molecule has 0 unspecified atom stereocenters. The fraction of sp³-hybridized carbons (Fsp3) is 0.0667. The lowest BCUT2D eigenvalue weighted by Gasteiger charge is -2.10. The number of anilines is 1. The Balaban J connectivity index is 1.96. The molecule has 0 saturated carbocycles. The lowest BCUT2D eigenvalue weighted by Crippen LogP contribution is -2.10. The topological polar surface area (TPSA) is 73.1 Å². The summed E-state index contributed by atoms with van der Waals surface area (Å²) in [6.07, 6.45) is 1.41. The minimum atomic E-state index is 0.481. The number of rotatable bonds is 3. The van der Waals surface area contributed by atoms with E-state index in [0.717, 1.165) is 26.6 Å². The second-order valence-corrected chi connectivity index (χ2v) is 5.47. The number of nitrogens with two attached hydrogens (primary N) is 1. The number of hydrogen-bond acceptors (Lipinski definition) is 5. The molecule has 0 spiro atoms. The molecule has 0 bridgehead atoms. The number of fused-ring (bicyclic) bond motifs is 1. The molecule has 106 valence electrons. The number of benzene rings is 2. The van der Waals surface area contributed by atoms with E-state index in [-0.39, 0.29) is 0 Å². The fourth-order valence-corrected chi connectivity index (χ4v) is 2.43. The quantitative estimate of drug-likeness (QED) is 0.558. The molecular formula is C15H13BrN4O. The van der Waals surface area contributed by atoms with Gasteiger partial charge in [0.25, 0.3) is 0 Å². The highest BCUT2D eigenvalue weighted by Gasteiger charge is 2.08. The standard InChI is InChI=1S/C15H13BrN4O/c1-9-14(20-17)18-8-19-15(9)21-13-5-3-10-6-12(16)4-2-11(10)7-13/h2-8H,17H2,1H3,(H,18,19,20). The van der Waals surface area contributed by atoms with Gasteiger partial charge < -0.3 is 10.2 Å². The number of hydrogen-bond donors (Lipinski definition) is 2. The summed E-state index contributed by atoms with van der Waals surface area (Å²) in [6, 6.07) is 12.0. The van der Waals surface area contributed by atoms with Gasteiger partial charge in [-0.3, -0.25) is 0 Å². The van der Waals surface area contributed by atoms with Crippen molar-refractivity contribution in [3.8, 4) is 11.6 Å². The molecule has 1 heterocycles. The lowest BCUT2D eigenvalue weighted by atomic mass is 10.1. The van der Waals surface area contributed by atoms with Gasteiger partial charge in [-0.05, 0) is 42.0 Å². The Hall–Kier alpha value is -2.18. The average Bonchev–Trinajstić information content (AvgIpc) is 2.49. The second-order valence-electron chi connectivity index (χ2n) is 4.55. The van der Waals surface area contributed by atoms with Crippen LogP contribution in [0.4, 0.5) is 5.82 Å². The van der Waals surface area contributed by atoms with Crippen molar-refractivity contribution in [1.29, 1.82) is 0 Å². The van der Waals surface area contributed by atoms with E-state index < -0.39 is 0 Å². The van der Waals surface area contributed by atoms with E-state index in [2.05, 4.69) is 37.4 Å². The van der Waals surface area contributed by atoms with Gasteiger partial charge >= 0.3 is 0 Å². The zero-order valence-corrected chi connectivity index (χ0v) is 12.9. The highest BCUT2D eigenvalue weighted by Crippen LogP contribution is 2.29. The van der Waals surface area contributed by atoms with E-state index in [0.29, 0.717) is 11.7 Å². The summed E-state index contributed by atoms with van der Waals surface area (Å²) in [5, 5.41) is 2.24. The molecule has 1 aromatic heterocycles. The van der Waals surface area contributed by atoms with Crippen molar-refractivity contribution in [1.82, 2.24) is 9.97 Å². The second kappa shape index (κ2) is 5.67. The van der Waals surface area contributed by atoms with Gasteiger partial charge in [0.1, 0.15) is 17.9 Å². The van der Waals surface area contributed by atoms with Crippen LogP contribution in [0.25, 0.3) is 10.8 Å². The van der Waals surface area contributed by atoms with Crippen LogP contribution in [-0.2, 0) is 0 Å². The fourth-order valence-electron chi connectivity index (χ4n) is 2.05. The van der Waals surface area contributed by atoms with Gasteiger partial charge in [-0.25, -0.2) is 15.8 Å². The molecule has 0 saturated heterocycles. The first kappa shape index (κ1) is 13.8. The number of aromatic nitrogens is 2. The smallest absolute Gasteiger partial charge is 0.227 e. The molecule has 5 nitrogen and oxygen atoms in total. The first-order valence-electron chi connectivity index (χ1n) is 6.33. The third-order valence-corrected chi connectivity index (χ3v) is 3.66. The van der Waals surface area contributed by atoms with Gasteiger partial charge in [0, 0.05) is 4.47 Å². The third kappa shape index (κ3) is 2.81. The molecule has 0 aliphatic carbocycles. The molecule has 0 aliphatic heterocycles. The SMILES string of the molecule is Cc1c(NN)ncnc1Oc1ccc2cc(Br)ccc2c1. The molecule has 3 rings (SSSR count). The van der Waals surface area contributed by atoms with Gasteiger partial charge in [-0.1, -0.05) is 28.1 Å². The van der Waals surface area contributed by atoms with Crippen LogP contribution in [0.3, 0.4) is 0 Å². The van der Waals surface area contributed by atoms with Crippen molar-refractivity contribution in [3.05, 3.63) is 52.8 Å². The van der Waals surface area contributed by atoms with Crippen LogP contribution in [0, 0.1) is 6.92 Å². The Kier molecular flexibility index (Phi) is 3.72. The van der Waals surface area contributed by atoms with E-state index in [1.165, 1.54) is 6.33 Å². The normalized spacial score (nSPS) is 10.6. The Morgan fingerprint density at radius 1 is 1.10 bits per heavy atom. The maximum atomic E-state index is 5.83. The molecule has 6 heteroatoms. The molecule has 2 aromatic carbocycles. The lowest BCUT2D eigenvalue weighted by molar-refractivity contribution is 0.458. The van der Waals surface area contributed by atoms with Crippen molar-refractivity contribution in [3.63, 3.8) is 0 Å². The van der Waals surface area contributed by atoms with Crippen LogP contribution in [-0.4, -0.2) is 9.97 Å². The third-order valence-electron chi connectivity index (χ3n) is 3.16. The highest BCUT2D eigenvalue weighted by atomic mass is 79.9. The number of hydrazine groups is 1. The summed E-state index contributed by atoms with van der Waals surface area (Å²) in [4.78, 5) is 8.17.